The SMILES string of the molecule is Cn1nc(C2CC3CC(O)(c4c(Br)nnn4C)CC3C2)c(C(=O)Nc2ccc(F)c(Cl)c2)c1N. The fourth-order valence-electron chi connectivity index (χ4n) is 5.75. The molecule has 3 aromatic rings. The molecule has 2 aromatic heterocycles. The highest BCUT2D eigenvalue weighted by molar-refractivity contribution is 9.10. The fourth-order valence-corrected chi connectivity index (χ4v) is 6.63. The van der Waals surface area contributed by atoms with Gasteiger partial charge in [0.15, 0.2) is 4.60 Å². The molecule has 0 spiro atoms. The van der Waals surface area contributed by atoms with Crippen molar-refractivity contribution in [3.05, 3.63) is 50.6 Å². The summed E-state index contributed by atoms with van der Waals surface area (Å²) >= 11 is 9.26. The highest BCUT2D eigenvalue weighted by Gasteiger charge is 2.52. The van der Waals surface area contributed by atoms with E-state index in [1.54, 1.807) is 18.8 Å². The summed E-state index contributed by atoms with van der Waals surface area (Å²) in [6, 6.07) is 3.99. The molecular weight excluding hydrogens is 529 g/mol. The van der Waals surface area contributed by atoms with E-state index >= 15 is 0 Å². The topological polar surface area (TPSA) is 124 Å². The van der Waals surface area contributed by atoms with Crippen LogP contribution in [-0.4, -0.2) is 35.8 Å². The van der Waals surface area contributed by atoms with E-state index in [1.807, 2.05) is 0 Å². The van der Waals surface area contributed by atoms with Crippen LogP contribution in [0.5, 0.6) is 0 Å². The molecule has 2 aliphatic carbocycles. The molecule has 2 fully saturated rings. The summed E-state index contributed by atoms with van der Waals surface area (Å²) in [7, 11) is 3.48. The summed E-state index contributed by atoms with van der Waals surface area (Å²) in [5, 5.41) is 26.7. The Labute approximate surface area is 208 Å². The number of nitrogens with one attached hydrogen (secondary N) is 1. The predicted octanol–water partition coefficient (Wildman–Crippen LogP) is 3.73. The molecule has 0 radical (unpaired) electrons. The molecule has 9 nitrogen and oxygen atoms in total. The molecule has 0 aliphatic heterocycles. The molecule has 5 rings (SSSR count). The number of nitrogen functional groups attached to an aromatic ring is 1. The average molecular weight is 553 g/mol. The van der Waals surface area contributed by atoms with Crippen molar-refractivity contribution in [3.63, 3.8) is 0 Å². The number of carbonyl (C=O) groups is 1. The summed E-state index contributed by atoms with van der Waals surface area (Å²) in [5.41, 5.74) is 7.26. The second-order valence-electron chi connectivity index (χ2n) is 9.33. The summed E-state index contributed by atoms with van der Waals surface area (Å²) in [6.45, 7) is 0. The molecule has 2 saturated carbocycles. The number of nitrogens with zero attached hydrogens (tertiary/aromatic N) is 5. The van der Waals surface area contributed by atoms with Gasteiger partial charge in [0.2, 0.25) is 0 Å². The minimum absolute atomic E-state index is 0.0358. The van der Waals surface area contributed by atoms with Gasteiger partial charge in [-0.25, -0.2) is 9.07 Å². The number of hydrogen-bond donors (Lipinski definition) is 3. The maximum atomic E-state index is 13.5. The fraction of sp³-hybridized carbons (Fsp3) is 0.455. The molecule has 34 heavy (non-hydrogen) atoms. The third-order valence-electron chi connectivity index (χ3n) is 7.18. The molecule has 180 valence electrons. The molecule has 2 atom stereocenters. The molecular formula is C22H24BrClFN7O2. The van der Waals surface area contributed by atoms with Crippen LogP contribution in [0.1, 0.15) is 53.3 Å². The summed E-state index contributed by atoms with van der Waals surface area (Å²) in [5.74, 6) is -0.138. The first-order valence-corrected chi connectivity index (χ1v) is 12.1. The smallest absolute Gasteiger partial charge is 0.261 e. The van der Waals surface area contributed by atoms with Crippen molar-refractivity contribution in [2.24, 2.45) is 25.9 Å². The Hall–Kier alpha value is -2.50. The van der Waals surface area contributed by atoms with Gasteiger partial charge in [-0.15, -0.1) is 5.10 Å². The van der Waals surface area contributed by atoms with Crippen molar-refractivity contribution < 1.29 is 14.3 Å². The zero-order valence-corrected chi connectivity index (χ0v) is 20.9. The Morgan fingerprint density at radius 1 is 1.29 bits per heavy atom. The molecule has 0 saturated heterocycles. The Balaban J connectivity index is 1.37. The Bertz CT molecular complexity index is 1260. The van der Waals surface area contributed by atoms with E-state index in [1.165, 1.54) is 22.9 Å². The first-order chi connectivity index (χ1) is 16.1. The number of anilines is 2. The molecule has 4 N–H and O–H groups in total. The minimum Gasteiger partial charge on any atom is -0.383 e. The summed E-state index contributed by atoms with van der Waals surface area (Å²) < 4.78 is 17.2. The zero-order chi connectivity index (χ0) is 24.4. The number of aliphatic hydroxyl groups is 1. The van der Waals surface area contributed by atoms with Gasteiger partial charge in [-0.05, 0) is 71.6 Å². The highest BCUT2D eigenvalue weighted by Crippen LogP contribution is 2.57. The lowest BCUT2D eigenvalue weighted by Gasteiger charge is -2.24. The van der Waals surface area contributed by atoms with Gasteiger partial charge in [0, 0.05) is 25.7 Å². The van der Waals surface area contributed by atoms with Crippen LogP contribution in [0, 0.1) is 17.7 Å². The Morgan fingerprint density at radius 3 is 2.56 bits per heavy atom. The molecule has 2 aliphatic rings. The molecule has 0 bridgehead atoms. The molecule has 1 aromatic carbocycles. The first kappa shape index (κ1) is 23.3. The van der Waals surface area contributed by atoms with Crippen LogP contribution in [0.25, 0.3) is 0 Å². The highest BCUT2D eigenvalue weighted by atomic mass is 79.9. The minimum atomic E-state index is -0.997. The van der Waals surface area contributed by atoms with Crippen molar-refractivity contribution in [2.75, 3.05) is 11.1 Å². The van der Waals surface area contributed by atoms with Gasteiger partial charge < -0.3 is 16.2 Å². The lowest BCUT2D eigenvalue weighted by molar-refractivity contribution is 0.0256. The predicted molar refractivity (Wildman–Crippen MR) is 128 cm³/mol. The Kier molecular flexibility index (Phi) is 5.69. The van der Waals surface area contributed by atoms with E-state index in [2.05, 4.69) is 36.7 Å². The van der Waals surface area contributed by atoms with Crippen molar-refractivity contribution in [1.29, 1.82) is 0 Å². The van der Waals surface area contributed by atoms with E-state index in [9.17, 15) is 14.3 Å². The first-order valence-electron chi connectivity index (χ1n) is 10.9. The van der Waals surface area contributed by atoms with Gasteiger partial charge in [0.05, 0.1) is 10.7 Å². The van der Waals surface area contributed by atoms with Crippen LogP contribution < -0.4 is 11.1 Å². The number of aromatic nitrogens is 5. The van der Waals surface area contributed by atoms with E-state index in [0.717, 1.165) is 12.8 Å². The lowest BCUT2D eigenvalue weighted by Crippen LogP contribution is -2.27. The van der Waals surface area contributed by atoms with Crippen LogP contribution in [0.15, 0.2) is 22.8 Å². The third kappa shape index (κ3) is 3.79. The number of nitrogens with two attached hydrogens (primary N) is 1. The maximum Gasteiger partial charge on any atom is 0.261 e. The number of aryl methyl sites for hydroxylation is 2. The number of hydrogen-bond acceptors (Lipinski definition) is 6. The number of fused-ring (bicyclic) bond motifs is 1. The quantitative estimate of drug-likeness (QED) is 0.453. The third-order valence-corrected chi connectivity index (χ3v) is 8.00. The number of rotatable bonds is 4. The van der Waals surface area contributed by atoms with E-state index < -0.39 is 17.3 Å². The van der Waals surface area contributed by atoms with Gasteiger partial charge in [-0.1, -0.05) is 16.8 Å². The van der Waals surface area contributed by atoms with E-state index in [0.29, 0.717) is 40.1 Å². The summed E-state index contributed by atoms with van der Waals surface area (Å²) in [4.78, 5) is 13.2. The zero-order valence-electron chi connectivity index (χ0n) is 18.6. The molecule has 2 heterocycles. The van der Waals surface area contributed by atoms with Crippen LogP contribution in [0.3, 0.4) is 0 Å². The number of amides is 1. The van der Waals surface area contributed by atoms with Crippen LogP contribution in [-0.2, 0) is 19.7 Å². The standard InChI is InChI=1S/C22H24BrClFN7O2/c1-31-18(19(23)28-30-31)22(34)8-11-5-10(6-12(11)9-22)17-16(20(26)32(2)29-17)21(33)27-13-3-4-15(25)14(24)7-13/h3-4,7,10-12,34H,5-6,8-9,26H2,1-2H3,(H,27,33). The second kappa shape index (κ2) is 8.31. The van der Waals surface area contributed by atoms with Crippen molar-refractivity contribution >= 4 is 44.9 Å². The van der Waals surface area contributed by atoms with Crippen LogP contribution >= 0.6 is 27.5 Å². The maximum absolute atomic E-state index is 13.5. The largest absolute Gasteiger partial charge is 0.383 e. The average Bonchev–Trinajstić information content (AvgIpc) is 3.47. The van der Waals surface area contributed by atoms with E-state index in [-0.39, 0.29) is 28.6 Å². The monoisotopic (exact) mass is 551 g/mol. The summed E-state index contributed by atoms with van der Waals surface area (Å²) in [6.07, 6.45) is 2.75. The molecule has 12 heteroatoms. The van der Waals surface area contributed by atoms with Gasteiger partial charge >= 0.3 is 0 Å². The Morgan fingerprint density at radius 2 is 1.97 bits per heavy atom. The van der Waals surface area contributed by atoms with Gasteiger partial charge in [-0.2, -0.15) is 5.10 Å². The van der Waals surface area contributed by atoms with Gasteiger partial charge in [0.25, 0.3) is 5.91 Å². The molecule has 1 amide bonds. The van der Waals surface area contributed by atoms with Crippen LogP contribution in [0.2, 0.25) is 5.02 Å². The van der Waals surface area contributed by atoms with Crippen molar-refractivity contribution in [1.82, 2.24) is 24.8 Å². The lowest BCUT2D eigenvalue weighted by atomic mass is 9.90. The van der Waals surface area contributed by atoms with Crippen LogP contribution in [0.4, 0.5) is 15.9 Å². The van der Waals surface area contributed by atoms with Crippen molar-refractivity contribution in [3.8, 4) is 0 Å². The van der Waals surface area contributed by atoms with Gasteiger partial charge in [0.1, 0.15) is 28.5 Å². The normalized spacial score (nSPS) is 26.1. The van der Waals surface area contributed by atoms with Crippen molar-refractivity contribution in [2.45, 2.75) is 37.2 Å². The van der Waals surface area contributed by atoms with Gasteiger partial charge in [-0.3, -0.25) is 9.48 Å². The number of halogens is 3. The number of benzene rings is 1. The van der Waals surface area contributed by atoms with E-state index in [4.69, 9.17) is 17.3 Å². The number of carbonyl (C=O) groups excluding carboxylic acids is 1. The molecule has 2 unspecified atom stereocenters. The second-order valence-corrected chi connectivity index (χ2v) is 10.5.